The van der Waals surface area contributed by atoms with Crippen molar-refractivity contribution in [2.24, 2.45) is 5.92 Å². The molecule has 0 radical (unpaired) electrons. The molecule has 0 aliphatic carbocycles. The summed E-state index contributed by atoms with van der Waals surface area (Å²) in [5, 5.41) is 6.14. The number of carbonyl (C=O) groups excluding carboxylic acids is 1. The maximum atomic E-state index is 12.1. The van der Waals surface area contributed by atoms with Gasteiger partial charge in [0.05, 0.1) is 6.10 Å². The van der Waals surface area contributed by atoms with Gasteiger partial charge >= 0.3 is 0 Å². The summed E-state index contributed by atoms with van der Waals surface area (Å²) in [6.07, 6.45) is 0.0891. The molecule has 0 bridgehead atoms. The molecule has 1 amide bonds. The molecule has 112 valence electrons. The van der Waals surface area contributed by atoms with Gasteiger partial charge in [0.15, 0.2) is 0 Å². The number of nitrogens with one attached hydrogen (secondary N) is 2. The molecular formula is C14H20BrClN2O2. The molecular weight excluding hydrogens is 344 g/mol. The van der Waals surface area contributed by atoms with Crippen LogP contribution < -0.4 is 15.4 Å². The van der Waals surface area contributed by atoms with Crippen molar-refractivity contribution in [1.82, 2.24) is 10.6 Å². The first kappa shape index (κ1) is 17.3. The van der Waals surface area contributed by atoms with Crippen molar-refractivity contribution < 1.29 is 9.53 Å². The fraction of sp³-hybridized carbons (Fsp3) is 0.500. The molecule has 4 nitrogen and oxygen atoms in total. The van der Waals surface area contributed by atoms with Crippen LogP contribution in [0.2, 0.25) is 0 Å². The quantitative estimate of drug-likeness (QED) is 0.845. The minimum atomic E-state index is -0.0539. The highest BCUT2D eigenvalue weighted by Crippen LogP contribution is 2.22. The number of ether oxygens (including phenoxy) is 1. The Labute approximate surface area is 134 Å². The average molecular weight is 364 g/mol. The molecule has 1 aromatic carbocycles. The summed E-state index contributed by atoms with van der Waals surface area (Å²) >= 11 is 3.41. The number of amides is 1. The lowest BCUT2D eigenvalue weighted by atomic mass is 10.0. The average Bonchev–Trinajstić information content (AvgIpc) is 2.24. The highest BCUT2D eigenvalue weighted by molar-refractivity contribution is 9.10. The molecule has 0 saturated carbocycles. The van der Waals surface area contributed by atoms with Crippen LogP contribution in [0, 0.1) is 5.92 Å². The molecule has 1 heterocycles. The van der Waals surface area contributed by atoms with Gasteiger partial charge in [-0.2, -0.15) is 0 Å². The zero-order chi connectivity index (χ0) is 13.8. The van der Waals surface area contributed by atoms with Crippen LogP contribution in [-0.2, 0) is 0 Å². The second-order valence-electron chi connectivity index (χ2n) is 5.08. The fourth-order valence-corrected chi connectivity index (χ4v) is 2.34. The van der Waals surface area contributed by atoms with E-state index in [1.165, 1.54) is 0 Å². The molecule has 1 aliphatic heterocycles. The second kappa shape index (κ2) is 7.86. The predicted molar refractivity (Wildman–Crippen MR) is 85.8 cm³/mol. The molecule has 0 atom stereocenters. The predicted octanol–water partition coefficient (Wildman–Crippen LogP) is 2.61. The first-order valence-electron chi connectivity index (χ1n) is 6.51. The number of hydrogen-bond acceptors (Lipinski definition) is 3. The smallest absolute Gasteiger partial charge is 0.251 e. The minimum Gasteiger partial charge on any atom is -0.491 e. The van der Waals surface area contributed by atoms with Crippen LogP contribution >= 0.6 is 28.3 Å². The van der Waals surface area contributed by atoms with Crippen molar-refractivity contribution in [3.63, 3.8) is 0 Å². The highest BCUT2D eigenvalue weighted by Gasteiger charge is 2.18. The topological polar surface area (TPSA) is 50.4 Å². The Morgan fingerprint density at radius 3 is 2.70 bits per heavy atom. The van der Waals surface area contributed by atoms with Crippen LogP contribution in [0.5, 0.6) is 5.75 Å². The van der Waals surface area contributed by atoms with E-state index in [4.69, 9.17) is 4.74 Å². The Bertz CT molecular complexity index is 464. The van der Waals surface area contributed by atoms with Gasteiger partial charge in [-0.15, -0.1) is 12.4 Å². The third-order valence-corrected chi connectivity index (χ3v) is 3.38. The molecule has 20 heavy (non-hydrogen) atoms. The van der Waals surface area contributed by atoms with Gasteiger partial charge in [0.2, 0.25) is 0 Å². The van der Waals surface area contributed by atoms with E-state index in [0.717, 1.165) is 24.1 Å². The monoisotopic (exact) mass is 362 g/mol. The highest BCUT2D eigenvalue weighted by atomic mass is 79.9. The van der Waals surface area contributed by atoms with Crippen LogP contribution in [0.25, 0.3) is 0 Å². The van der Waals surface area contributed by atoms with Crippen LogP contribution in [0.1, 0.15) is 24.2 Å². The third-order valence-electron chi connectivity index (χ3n) is 2.92. The van der Waals surface area contributed by atoms with Gasteiger partial charge < -0.3 is 15.4 Å². The molecule has 0 aromatic heterocycles. The first-order valence-corrected chi connectivity index (χ1v) is 7.30. The summed E-state index contributed by atoms with van der Waals surface area (Å²) in [4.78, 5) is 12.1. The Kier molecular flexibility index (Phi) is 6.79. The van der Waals surface area contributed by atoms with Crippen LogP contribution in [-0.4, -0.2) is 31.6 Å². The van der Waals surface area contributed by atoms with E-state index in [1.807, 2.05) is 26.0 Å². The summed E-state index contributed by atoms with van der Waals surface area (Å²) in [6, 6.07) is 5.45. The summed E-state index contributed by atoms with van der Waals surface area (Å²) in [5.74, 6) is 1.21. The largest absolute Gasteiger partial charge is 0.491 e. The zero-order valence-corrected chi connectivity index (χ0v) is 14.0. The number of benzene rings is 1. The zero-order valence-electron chi connectivity index (χ0n) is 11.6. The SMILES string of the molecule is CC(C)Oc1cc(Br)cc(C(=O)NCC2CNC2)c1.Cl. The Morgan fingerprint density at radius 1 is 1.45 bits per heavy atom. The minimum absolute atomic E-state index is 0. The lowest BCUT2D eigenvalue weighted by Gasteiger charge is -2.27. The van der Waals surface area contributed by atoms with Gasteiger partial charge in [-0.05, 0) is 32.0 Å². The Balaban J connectivity index is 0.00000200. The Hall–Kier alpha value is -0.780. The number of carbonyl (C=O) groups is 1. The van der Waals surface area contributed by atoms with E-state index in [2.05, 4.69) is 26.6 Å². The van der Waals surface area contributed by atoms with Crippen LogP contribution in [0.3, 0.4) is 0 Å². The van der Waals surface area contributed by atoms with Crippen LogP contribution in [0.15, 0.2) is 22.7 Å². The molecule has 1 fully saturated rings. The normalized spacial score (nSPS) is 14.4. The summed E-state index contributed by atoms with van der Waals surface area (Å²) in [6.45, 7) is 6.62. The van der Waals surface area contributed by atoms with Gasteiger partial charge in [-0.25, -0.2) is 0 Å². The van der Waals surface area contributed by atoms with Crippen LogP contribution in [0.4, 0.5) is 0 Å². The number of hydrogen-bond donors (Lipinski definition) is 2. The maximum absolute atomic E-state index is 12.1. The second-order valence-corrected chi connectivity index (χ2v) is 5.99. The van der Waals surface area contributed by atoms with E-state index < -0.39 is 0 Å². The number of halogens is 2. The molecule has 2 rings (SSSR count). The van der Waals surface area contributed by atoms with E-state index in [1.54, 1.807) is 6.07 Å². The molecule has 0 spiro atoms. The van der Waals surface area contributed by atoms with Crippen molar-refractivity contribution >= 4 is 34.2 Å². The lowest BCUT2D eigenvalue weighted by molar-refractivity contribution is 0.0941. The van der Waals surface area contributed by atoms with E-state index >= 15 is 0 Å². The molecule has 1 saturated heterocycles. The van der Waals surface area contributed by atoms with E-state index in [-0.39, 0.29) is 24.4 Å². The summed E-state index contributed by atoms with van der Waals surface area (Å²) in [7, 11) is 0. The lowest BCUT2D eigenvalue weighted by Crippen LogP contribution is -2.48. The van der Waals surface area contributed by atoms with Gasteiger partial charge in [-0.3, -0.25) is 4.79 Å². The molecule has 1 aliphatic rings. The van der Waals surface area contributed by atoms with Gasteiger partial charge in [0.1, 0.15) is 5.75 Å². The van der Waals surface area contributed by atoms with Crippen molar-refractivity contribution in [3.8, 4) is 5.75 Å². The van der Waals surface area contributed by atoms with Crippen molar-refractivity contribution in [2.75, 3.05) is 19.6 Å². The number of rotatable bonds is 5. The molecule has 1 aromatic rings. The molecule has 6 heteroatoms. The summed E-state index contributed by atoms with van der Waals surface area (Å²) in [5.41, 5.74) is 0.623. The van der Waals surface area contributed by atoms with E-state index in [9.17, 15) is 4.79 Å². The van der Waals surface area contributed by atoms with Crippen molar-refractivity contribution in [1.29, 1.82) is 0 Å². The Morgan fingerprint density at radius 2 is 2.15 bits per heavy atom. The summed E-state index contributed by atoms with van der Waals surface area (Å²) < 4.78 is 6.47. The van der Waals surface area contributed by atoms with Crippen molar-refractivity contribution in [3.05, 3.63) is 28.2 Å². The van der Waals surface area contributed by atoms with Gasteiger partial charge in [-0.1, -0.05) is 15.9 Å². The molecule has 0 unspecified atom stereocenters. The maximum Gasteiger partial charge on any atom is 0.251 e. The standard InChI is InChI=1S/C14H19BrN2O2.ClH/c1-9(2)19-13-4-11(3-12(15)5-13)14(18)17-8-10-6-16-7-10;/h3-5,9-10,16H,6-8H2,1-2H3,(H,17,18);1H. The third kappa shape index (κ3) is 4.96. The fourth-order valence-electron chi connectivity index (χ4n) is 1.87. The first-order chi connectivity index (χ1) is 9.04. The van der Waals surface area contributed by atoms with Gasteiger partial charge in [0.25, 0.3) is 5.91 Å². The van der Waals surface area contributed by atoms with Gasteiger partial charge in [0, 0.05) is 35.6 Å². The molecule has 2 N–H and O–H groups in total. The van der Waals surface area contributed by atoms with E-state index in [0.29, 0.717) is 17.2 Å². The van der Waals surface area contributed by atoms with Crippen molar-refractivity contribution in [2.45, 2.75) is 20.0 Å².